The van der Waals surface area contributed by atoms with Crippen molar-refractivity contribution in [3.05, 3.63) is 41.7 Å². The van der Waals surface area contributed by atoms with Crippen molar-refractivity contribution in [3.63, 3.8) is 0 Å². The molecule has 0 aromatic carbocycles. The second kappa shape index (κ2) is 3.95. The third kappa shape index (κ3) is 2.03. The molecule has 1 nitrogen and oxygen atoms in total. The van der Waals surface area contributed by atoms with Gasteiger partial charge >= 0.3 is 0 Å². The Morgan fingerprint density at radius 3 is 2.57 bits per heavy atom. The summed E-state index contributed by atoms with van der Waals surface area (Å²) < 4.78 is 0. The standard InChI is InChI=1S/C13H17N/c1-10-3-6-12(7-4-10)13-8-5-11(2)9-14-13/h5,8-9,12H,1,3-4,6-7H2,2H3. The summed E-state index contributed by atoms with van der Waals surface area (Å²) in [6, 6.07) is 4.33. The molecular weight excluding hydrogens is 170 g/mol. The van der Waals surface area contributed by atoms with Gasteiger partial charge < -0.3 is 0 Å². The van der Waals surface area contributed by atoms with E-state index >= 15 is 0 Å². The van der Waals surface area contributed by atoms with Gasteiger partial charge in [0.25, 0.3) is 0 Å². The van der Waals surface area contributed by atoms with Gasteiger partial charge in [-0.15, -0.1) is 0 Å². The number of hydrogen-bond donors (Lipinski definition) is 0. The lowest BCUT2D eigenvalue weighted by Crippen LogP contribution is -2.07. The Hall–Kier alpha value is -1.11. The van der Waals surface area contributed by atoms with Gasteiger partial charge in [0.05, 0.1) is 0 Å². The summed E-state index contributed by atoms with van der Waals surface area (Å²) in [5.41, 5.74) is 3.92. The Balaban J connectivity index is 2.08. The predicted molar refractivity (Wildman–Crippen MR) is 59.3 cm³/mol. The van der Waals surface area contributed by atoms with Crippen LogP contribution in [0.2, 0.25) is 0 Å². The minimum absolute atomic E-state index is 0.668. The third-order valence-corrected chi connectivity index (χ3v) is 3.05. The average Bonchev–Trinajstić information content (AvgIpc) is 2.21. The minimum Gasteiger partial charge on any atom is -0.261 e. The highest BCUT2D eigenvalue weighted by Gasteiger charge is 2.17. The molecule has 1 aromatic rings. The largest absolute Gasteiger partial charge is 0.261 e. The van der Waals surface area contributed by atoms with Crippen LogP contribution in [0, 0.1) is 6.92 Å². The lowest BCUT2D eigenvalue weighted by atomic mass is 9.84. The van der Waals surface area contributed by atoms with Crippen LogP contribution in [0.25, 0.3) is 0 Å². The zero-order valence-corrected chi connectivity index (χ0v) is 8.79. The predicted octanol–water partition coefficient (Wildman–Crippen LogP) is 3.60. The highest BCUT2D eigenvalue weighted by Crippen LogP contribution is 2.33. The SMILES string of the molecule is C=C1CCC(c2ccc(C)cn2)CC1. The molecule has 0 radical (unpaired) electrons. The van der Waals surface area contributed by atoms with Crippen LogP contribution >= 0.6 is 0 Å². The molecule has 74 valence electrons. The van der Waals surface area contributed by atoms with Gasteiger partial charge in [-0.25, -0.2) is 0 Å². The molecule has 0 saturated heterocycles. The van der Waals surface area contributed by atoms with Crippen molar-refractivity contribution < 1.29 is 0 Å². The molecule has 0 unspecified atom stereocenters. The molecular formula is C13H17N. The quantitative estimate of drug-likeness (QED) is 0.612. The van der Waals surface area contributed by atoms with Crippen molar-refractivity contribution in [2.45, 2.75) is 38.5 Å². The van der Waals surface area contributed by atoms with Crippen LogP contribution in [-0.4, -0.2) is 4.98 Å². The van der Waals surface area contributed by atoms with Crippen LogP contribution in [-0.2, 0) is 0 Å². The molecule has 2 rings (SSSR count). The summed E-state index contributed by atoms with van der Waals surface area (Å²) in [6.07, 6.45) is 6.79. The molecule has 1 saturated carbocycles. The molecule has 0 bridgehead atoms. The average molecular weight is 187 g/mol. The topological polar surface area (TPSA) is 12.9 Å². The zero-order valence-electron chi connectivity index (χ0n) is 8.79. The van der Waals surface area contributed by atoms with Crippen molar-refractivity contribution in [3.8, 4) is 0 Å². The van der Waals surface area contributed by atoms with Gasteiger partial charge in [-0.3, -0.25) is 4.98 Å². The van der Waals surface area contributed by atoms with Crippen molar-refractivity contribution in [2.75, 3.05) is 0 Å². The van der Waals surface area contributed by atoms with Crippen LogP contribution in [0.1, 0.15) is 42.9 Å². The number of pyridine rings is 1. The summed E-state index contributed by atoms with van der Waals surface area (Å²) in [5.74, 6) is 0.668. The Morgan fingerprint density at radius 1 is 1.29 bits per heavy atom. The summed E-state index contributed by atoms with van der Waals surface area (Å²) in [5, 5.41) is 0. The molecule has 1 fully saturated rings. The van der Waals surface area contributed by atoms with Crippen LogP contribution in [0.4, 0.5) is 0 Å². The molecule has 0 spiro atoms. The molecule has 0 amide bonds. The number of rotatable bonds is 1. The lowest BCUT2D eigenvalue weighted by Gasteiger charge is -2.22. The van der Waals surface area contributed by atoms with Crippen molar-refractivity contribution in [1.29, 1.82) is 0 Å². The lowest BCUT2D eigenvalue weighted by molar-refractivity contribution is 0.507. The minimum atomic E-state index is 0.668. The van der Waals surface area contributed by atoms with E-state index in [1.165, 1.54) is 42.5 Å². The first-order valence-corrected chi connectivity index (χ1v) is 5.35. The molecule has 14 heavy (non-hydrogen) atoms. The molecule has 0 N–H and O–H groups in total. The van der Waals surface area contributed by atoms with E-state index < -0.39 is 0 Å². The zero-order chi connectivity index (χ0) is 9.97. The first kappa shape index (κ1) is 9.45. The molecule has 0 aliphatic heterocycles. The Morgan fingerprint density at radius 2 is 2.00 bits per heavy atom. The maximum Gasteiger partial charge on any atom is 0.0434 e. The van der Waals surface area contributed by atoms with Crippen LogP contribution in [0.5, 0.6) is 0 Å². The monoisotopic (exact) mass is 187 g/mol. The van der Waals surface area contributed by atoms with E-state index in [1.54, 1.807) is 0 Å². The van der Waals surface area contributed by atoms with E-state index in [-0.39, 0.29) is 0 Å². The first-order valence-electron chi connectivity index (χ1n) is 5.35. The van der Waals surface area contributed by atoms with Crippen molar-refractivity contribution in [2.24, 2.45) is 0 Å². The number of aryl methyl sites for hydroxylation is 1. The second-order valence-corrected chi connectivity index (χ2v) is 4.28. The van der Waals surface area contributed by atoms with Crippen LogP contribution < -0.4 is 0 Å². The molecule has 1 aliphatic carbocycles. The van der Waals surface area contributed by atoms with Gasteiger partial charge in [0.15, 0.2) is 0 Å². The van der Waals surface area contributed by atoms with Gasteiger partial charge in [0, 0.05) is 17.8 Å². The van der Waals surface area contributed by atoms with Crippen molar-refractivity contribution >= 4 is 0 Å². The first-order chi connectivity index (χ1) is 6.75. The Bertz CT molecular complexity index is 314. The summed E-state index contributed by atoms with van der Waals surface area (Å²) in [6.45, 7) is 6.12. The van der Waals surface area contributed by atoms with E-state index in [0.29, 0.717) is 5.92 Å². The summed E-state index contributed by atoms with van der Waals surface area (Å²) in [4.78, 5) is 4.50. The second-order valence-electron chi connectivity index (χ2n) is 4.28. The number of nitrogens with zero attached hydrogens (tertiary/aromatic N) is 1. The van der Waals surface area contributed by atoms with E-state index in [2.05, 4.69) is 30.6 Å². The van der Waals surface area contributed by atoms with Gasteiger partial charge in [0.2, 0.25) is 0 Å². The molecule has 1 aliphatic rings. The van der Waals surface area contributed by atoms with E-state index in [0.717, 1.165) is 0 Å². The fourth-order valence-electron chi connectivity index (χ4n) is 2.04. The fourth-order valence-corrected chi connectivity index (χ4v) is 2.04. The Kier molecular flexibility index (Phi) is 2.67. The summed E-state index contributed by atoms with van der Waals surface area (Å²) in [7, 11) is 0. The summed E-state index contributed by atoms with van der Waals surface area (Å²) >= 11 is 0. The van der Waals surface area contributed by atoms with Crippen LogP contribution in [0.15, 0.2) is 30.5 Å². The third-order valence-electron chi connectivity index (χ3n) is 3.05. The van der Waals surface area contributed by atoms with Gasteiger partial charge in [-0.05, 0) is 44.2 Å². The van der Waals surface area contributed by atoms with Gasteiger partial charge in [-0.1, -0.05) is 18.2 Å². The van der Waals surface area contributed by atoms with E-state index in [9.17, 15) is 0 Å². The smallest absolute Gasteiger partial charge is 0.0434 e. The molecule has 1 heteroatoms. The van der Waals surface area contributed by atoms with Crippen LogP contribution in [0.3, 0.4) is 0 Å². The highest BCUT2D eigenvalue weighted by molar-refractivity contribution is 5.17. The number of allylic oxidation sites excluding steroid dienone is 1. The Labute approximate surface area is 85.9 Å². The normalized spacial score (nSPS) is 18.5. The molecule has 1 aromatic heterocycles. The number of aromatic nitrogens is 1. The van der Waals surface area contributed by atoms with Gasteiger partial charge in [-0.2, -0.15) is 0 Å². The fraction of sp³-hybridized carbons (Fsp3) is 0.462. The van der Waals surface area contributed by atoms with E-state index in [1.807, 2.05) is 6.20 Å². The highest BCUT2D eigenvalue weighted by atomic mass is 14.7. The van der Waals surface area contributed by atoms with E-state index in [4.69, 9.17) is 0 Å². The molecule has 1 heterocycles. The van der Waals surface area contributed by atoms with Crippen molar-refractivity contribution in [1.82, 2.24) is 4.98 Å². The maximum atomic E-state index is 4.50. The number of hydrogen-bond acceptors (Lipinski definition) is 1. The van der Waals surface area contributed by atoms with Gasteiger partial charge in [0.1, 0.15) is 0 Å². The molecule has 0 atom stereocenters. The maximum absolute atomic E-state index is 4.50.